The molecule has 1 amide bonds. The number of amides is 1. The van der Waals surface area contributed by atoms with Gasteiger partial charge >= 0.3 is 5.97 Å². The van der Waals surface area contributed by atoms with E-state index in [2.05, 4.69) is 5.32 Å². The highest BCUT2D eigenvalue weighted by Gasteiger charge is 2.27. The summed E-state index contributed by atoms with van der Waals surface area (Å²) in [6.45, 7) is 0.262. The van der Waals surface area contributed by atoms with Gasteiger partial charge in [0.25, 0.3) is 0 Å². The van der Waals surface area contributed by atoms with Gasteiger partial charge in [-0.1, -0.05) is 0 Å². The Morgan fingerprint density at radius 1 is 1.53 bits per heavy atom. The topological polar surface area (TPSA) is 95.9 Å². The highest BCUT2D eigenvalue weighted by atomic mass is 16.5. The van der Waals surface area contributed by atoms with E-state index >= 15 is 0 Å². The minimum atomic E-state index is -1.14. The van der Waals surface area contributed by atoms with Crippen LogP contribution >= 0.6 is 0 Å². The summed E-state index contributed by atoms with van der Waals surface area (Å²) in [4.78, 5) is 22.1. The van der Waals surface area contributed by atoms with Crippen molar-refractivity contribution >= 4 is 11.9 Å². The van der Waals surface area contributed by atoms with E-state index in [0.29, 0.717) is 13.0 Å². The Labute approximate surface area is 87.2 Å². The van der Waals surface area contributed by atoms with Crippen LogP contribution in [0.4, 0.5) is 0 Å². The molecule has 0 bridgehead atoms. The summed E-state index contributed by atoms with van der Waals surface area (Å²) in [6.07, 6.45) is 0.909. The molecule has 0 aromatic rings. The van der Waals surface area contributed by atoms with Crippen LogP contribution in [-0.4, -0.2) is 47.4 Å². The van der Waals surface area contributed by atoms with Gasteiger partial charge in [-0.15, -0.1) is 0 Å². The zero-order valence-corrected chi connectivity index (χ0v) is 8.31. The molecule has 1 unspecified atom stereocenters. The minimum absolute atomic E-state index is 0.00773. The molecular weight excluding hydrogens is 202 g/mol. The number of aliphatic carboxylic acids is 1. The van der Waals surface area contributed by atoms with Gasteiger partial charge < -0.3 is 20.3 Å². The van der Waals surface area contributed by atoms with Gasteiger partial charge in [0.15, 0.2) is 0 Å². The molecule has 1 rings (SSSR count). The summed E-state index contributed by atoms with van der Waals surface area (Å²) in [5.74, 6) is -1.55. The van der Waals surface area contributed by atoms with E-state index in [9.17, 15) is 9.59 Å². The maximum absolute atomic E-state index is 11.5. The van der Waals surface area contributed by atoms with Gasteiger partial charge in [-0.25, -0.2) is 4.79 Å². The van der Waals surface area contributed by atoms with Crippen LogP contribution < -0.4 is 5.32 Å². The third-order valence-corrected chi connectivity index (χ3v) is 2.25. The molecule has 2 atom stereocenters. The fourth-order valence-corrected chi connectivity index (χ4v) is 1.44. The van der Waals surface area contributed by atoms with Crippen molar-refractivity contribution in [1.29, 1.82) is 0 Å². The number of hydrogen-bond donors (Lipinski definition) is 3. The lowest BCUT2D eigenvalue weighted by atomic mass is 10.2. The average molecular weight is 217 g/mol. The first kappa shape index (κ1) is 11.9. The molecule has 6 nitrogen and oxygen atoms in total. The quantitative estimate of drug-likeness (QED) is 0.555. The van der Waals surface area contributed by atoms with Gasteiger partial charge in [0.1, 0.15) is 12.1 Å². The van der Waals surface area contributed by atoms with Crippen molar-refractivity contribution in [3.63, 3.8) is 0 Å². The van der Waals surface area contributed by atoms with Crippen molar-refractivity contribution in [1.82, 2.24) is 5.32 Å². The molecule has 86 valence electrons. The van der Waals surface area contributed by atoms with E-state index < -0.39 is 24.0 Å². The van der Waals surface area contributed by atoms with Gasteiger partial charge in [-0.2, -0.15) is 0 Å². The van der Waals surface area contributed by atoms with Crippen LogP contribution in [0.2, 0.25) is 0 Å². The van der Waals surface area contributed by atoms with Gasteiger partial charge in [0.05, 0.1) is 0 Å². The van der Waals surface area contributed by atoms with Crippen LogP contribution in [0.3, 0.4) is 0 Å². The van der Waals surface area contributed by atoms with Crippen LogP contribution in [0.25, 0.3) is 0 Å². The first-order chi connectivity index (χ1) is 7.15. The molecule has 1 fully saturated rings. The normalized spacial score (nSPS) is 22.3. The second-order valence-electron chi connectivity index (χ2n) is 3.41. The molecule has 0 spiro atoms. The van der Waals surface area contributed by atoms with Crippen molar-refractivity contribution < 1.29 is 24.5 Å². The van der Waals surface area contributed by atoms with Gasteiger partial charge in [-0.3, -0.25) is 4.79 Å². The monoisotopic (exact) mass is 217 g/mol. The number of carboxylic acids is 1. The summed E-state index contributed by atoms with van der Waals surface area (Å²) in [5, 5.41) is 19.7. The number of hydrogen-bond acceptors (Lipinski definition) is 4. The predicted molar refractivity (Wildman–Crippen MR) is 50.2 cm³/mol. The van der Waals surface area contributed by atoms with Crippen LogP contribution in [0.15, 0.2) is 0 Å². The molecule has 0 aromatic carbocycles. The second-order valence-corrected chi connectivity index (χ2v) is 3.41. The highest BCUT2D eigenvalue weighted by molar-refractivity contribution is 5.86. The van der Waals surface area contributed by atoms with Crippen LogP contribution in [0.1, 0.15) is 19.3 Å². The molecule has 1 heterocycles. The number of aliphatic hydroxyl groups is 1. The predicted octanol–water partition coefficient (Wildman–Crippen LogP) is -0.883. The fraction of sp³-hybridized carbons (Fsp3) is 0.778. The van der Waals surface area contributed by atoms with Crippen LogP contribution in [-0.2, 0) is 14.3 Å². The number of aliphatic hydroxyl groups excluding tert-OH is 1. The molecule has 0 saturated carbocycles. The fourth-order valence-electron chi connectivity index (χ4n) is 1.44. The number of nitrogens with one attached hydrogen (secondary N) is 1. The number of carbonyl (C=O) groups is 2. The molecule has 1 aliphatic rings. The molecule has 1 saturated heterocycles. The van der Waals surface area contributed by atoms with Gasteiger partial charge in [0.2, 0.25) is 5.91 Å². The first-order valence-corrected chi connectivity index (χ1v) is 4.90. The van der Waals surface area contributed by atoms with Crippen molar-refractivity contribution in [2.24, 2.45) is 0 Å². The van der Waals surface area contributed by atoms with Crippen molar-refractivity contribution in [2.45, 2.75) is 31.4 Å². The Morgan fingerprint density at radius 3 is 2.73 bits per heavy atom. The highest BCUT2D eigenvalue weighted by Crippen LogP contribution is 2.12. The van der Waals surface area contributed by atoms with Crippen LogP contribution in [0.5, 0.6) is 0 Å². The molecule has 0 radical (unpaired) electrons. The summed E-state index contributed by atoms with van der Waals surface area (Å²) >= 11 is 0. The minimum Gasteiger partial charge on any atom is -0.480 e. The molecule has 3 N–H and O–H groups in total. The zero-order chi connectivity index (χ0) is 11.3. The van der Waals surface area contributed by atoms with E-state index in [-0.39, 0.29) is 13.0 Å². The van der Waals surface area contributed by atoms with Crippen molar-refractivity contribution in [3.05, 3.63) is 0 Å². The van der Waals surface area contributed by atoms with E-state index in [1.54, 1.807) is 0 Å². The lowest BCUT2D eigenvalue weighted by Gasteiger charge is -2.15. The van der Waals surface area contributed by atoms with E-state index in [4.69, 9.17) is 14.9 Å². The lowest BCUT2D eigenvalue weighted by Crippen LogP contribution is -2.45. The Hall–Kier alpha value is -1.14. The Balaban J connectivity index is 2.42. The third kappa shape index (κ3) is 3.49. The average Bonchev–Trinajstić information content (AvgIpc) is 2.69. The molecular formula is C9H15NO5. The number of carbonyl (C=O) groups excluding carboxylic acids is 1. The van der Waals surface area contributed by atoms with E-state index in [1.807, 2.05) is 0 Å². The second kappa shape index (κ2) is 5.67. The zero-order valence-electron chi connectivity index (χ0n) is 8.31. The Kier molecular flexibility index (Phi) is 4.51. The van der Waals surface area contributed by atoms with E-state index in [0.717, 1.165) is 6.42 Å². The Bertz CT molecular complexity index is 237. The van der Waals surface area contributed by atoms with E-state index in [1.165, 1.54) is 0 Å². The summed E-state index contributed by atoms with van der Waals surface area (Å²) < 4.78 is 5.11. The summed E-state index contributed by atoms with van der Waals surface area (Å²) in [7, 11) is 0. The standard InChI is InChI=1S/C9H15NO5/c11-4-3-6(9(13)14)10-8(12)7-2-1-5-15-7/h6-7,11H,1-5H2,(H,10,12)(H,13,14)/t6-,7?/m1/s1. The molecule has 15 heavy (non-hydrogen) atoms. The first-order valence-electron chi connectivity index (χ1n) is 4.90. The summed E-state index contributed by atoms with van der Waals surface area (Å²) in [6, 6.07) is -1.04. The van der Waals surface area contributed by atoms with Gasteiger partial charge in [0, 0.05) is 19.6 Å². The number of rotatable bonds is 5. The van der Waals surface area contributed by atoms with Gasteiger partial charge in [-0.05, 0) is 12.8 Å². The maximum atomic E-state index is 11.5. The molecule has 0 aliphatic carbocycles. The molecule has 6 heteroatoms. The number of carboxylic acid groups (broad SMARTS) is 1. The van der Waals surface area contributed by atoms with Crippen molar-refractivity contribution in [3.8, 4) is 0 Å². The smallest absolute Gasteiger partial charge is 0.326 e. The molecule has 1 aliphatic heterocycles. The maximum Gasteiger partial charge on any atom is 0.326 e. The largest absolute Gasteiger partial charge is 0.480 e. The van der Waals surface area contributed by atoms with Crippen molar-refractivity contribution in [2.75, 3.05) is 13.2 Å². The SMILES string of the molecule is O=C(N[C@H](CCO)C(=O)O)C1CCCO1. The lowest BCUT2D eigenvalue weighted by molar-refractivity contribution is -0.144. The third-order valence-electron chi connectivity index (χ3n) is 2.25. The van der Waals surface area contributed by atoms with Crippen LogP contribution in [0, 0.1) is 0 Å². The number of ether oxygens (including phenoxy) is 1. The summed E-state index contributed by atoms with van der Waals surface area (Å²) in [5.41, 5.74) is 0. The Morgan fingerprint density at radius 2 is 2.27 bits per heavy atom. The molecule has 0 aromatic heterocycles.